The van der Waals surface area contributed by atoms with Gasteiger partial charge in [-0.15, -0.1) is 0 Å². The number of nitrogens with zero attached hydrogens (tertiary/aromatic N) is 2. The Hall–Kier alpha value is -1.36. The van der Waals surface area contributed by atoms with Gasteiger partial charge in [0.15, 0.2) is 0 Å². The van der Waals surface area contributed by atoms with Crippen molar-refractivity contribution in [1.82, 2.24) is 15.3 Å². The molecule has 0 saturated heterocycles. The Labute approximate surface area is 106 Å². The molecule has 1 aromatic rings. The summed E-state index contributed by atoms with van der Waals surface area (Å²) in [5.74, 6) is 0.998. The lowest BCUT2D eigenvalue weighted by Gasteiger charge is -2.13. The molecule has 5 nitrogen and oxygen atoms in total. The molecular weight excluding hydrogens is 240 g/mol. The van der Waals surface area contributed by atoms with Crippen LogP contribution in [0.4, 0.5) is 5.82 Å². The molecule has 1 heterocycles. The molecule has 0 aliphatic carbocycles. The van der Waals surface area contributed by atoms with Crippen LogP contribution in [-0.2, 0) is 4.79 Å². The van der Waals surface area contributed by atoms with E-state index in [4.69, 9.17) is 11.6 Å². The lowest BCUT2D eigenvalue weighted by Crippen LogP contribution is -2.26. The average Bonchev–Trinajstić information content (AvgIpc) is 2.23. The van der Waals surface area contributed by atoms with Crippen molar-refractivity contribution < 1.29 is 4.79 Å². The summed E-state index contributed by atoms with van der Waals surface area (Å²) < 4.78 is 0. The maximum atomic E-state index is 10.7. The van der Waals surface area contributed by atoms with E-state index in [2.05, 4.69) is 34.4 Å². The number of amides is 1. The maximum absolute atomic E-state index is 10.7. The fraction of sp³-hybridized carbons (Fsp3) is 0.545. The van der Waals surface area contributed by atoms with Crippen LogP contribution in [0.1, 0.15) is 32.3 Å². The van der Waals surface area contributed by atoms with E-state index in [9.17, 15) is 4.79 Å². The Balaban J connectivity index is 2.62. The standard InChI is InChI=1S/C11H17ClN4O/c1-7(2)9-6-15-11(12)16-10(9)14-5-4-13-8(3)17/h6-7H,4-5H2,1-3H3,(H,13,17)(H,14,15,16). The van der Waals surface area contributed by atoms with Gasteiger partial charge in [0.05, 0.1) is 0 Å². The zero-order valence-electron chi connectivity index (χ0n) is 10.2. The van der Waals surface area contributed by atoms with Gasteiger partial charge in [-0.2, -0.15) is 0 Å². The molecule has 0 radical (unpaired) electrons. The zero-order valence-corrected chi connectivity index (χ0v) is 11.0. The van der Waals surface area contributed by atoms with Gasteiger partial charge in [0.1, 0.15) is 5.82 Å². The van der Waals surface area contributed by atoms with Gasteiger partial charge in [0.25, 0.3) is 0 Å². The van der Waals surface area contributed by atoms with Gasteiger partial charge in [-0.3, -0.25) is 4.79 Å². The molecule has 0 bridgehead atoms. The highest BCUT2D eigenvalue weighted by Gasteiger charge is 2.09. The molecule has 1 amide bonds. The molecule has 0 aromatic carbocycles. The normalized spacial score (nSPS) is 10.4. The second-order valence-electron chi connectivity index (χ2n) is 4.01. The molecule has 1 aromatic heterocycles. The van der Waals surface area contributed by atoms with Crippen LogP contribution in [0.15, 0.2) is 6.20 Å². The minimum Gasteiger partial charge on any atom is -0.368 e. The number of hydrogen-bond donors (Lipinski definition) is 2. The second-order valence-corrected chi connectivity index (χ2v) is 4.35. The number of rotatable bonds is 5. The smallest absolute Gasteiger partial charge is 0.224 e. The Morgan fingerprint density at radius 2 is 2.18 bits per heavy atom. The van der Waals surface area contributed by atoms with Gasteiger partial charge in [-0.1, -0.05) is 13.8 Å². The van der Waals surface area contributed by atoms with Crippen LogP contribution in [0.5, 0.6) is 0 Å². The summed E-state index contributed by atoms with van der Waals surface area (Å²) in [5.41, 5.74) is 1.01. The van der Waals surface area contributed by atoms with Crippen molar-refractivity contribution in [3.05, 3.63) is 17.0 Å². The van der Waals surface area contributed by atoms with E-state index in [1.807, 2.05) is 0 Å². The van der Waals surface area contributed by atoms with Crippen molar-refractivity contribution in [2.75, 3.05) is 18.4 Å². The number of hydrogen-bond acceptors (Lipinski definition) is 4. The molecule has 0 aliphatic heterocycles. The molecule has 0 aliphatic rings. The third-order valence-electron chi connectivity index (χ3n) is 2.20. The summed E-state index contributed by atoms with van der Waals surface area (Å²) >= 11 is 5.75. The van der Waals surface area contributed by atoms with Crippen molar-refractivity contribution in [3.63, 3.8) is 0 Å². The molecule has 17 heavy (non-hydrogen) atoms. The van der Waals surface area contributed by atoms with Crippen LogP contribution in [0.3, 0.4) is 0 Å². The molecule has 0 saturated carbocycles. The van der Waals surface area contributed by atoms with Crippen molar-refractivity contribution >= 4 is 23.3 Å². The minimum atomic E-state index is -0.0448. The largest absolute Gasteiger partial charge is 0.368 e. The third-order valence-corrected chi connectivity index (χ3v) is 2.38. The first-order valence-electron chi connectivity index (χ1n) is 5.51. The Morgan fingerprint density at radius 1 is 1.47 bits per heavy atom. The Bertz CT molecular complexity index is 395. The van der Waals surface area contributed by atoms with Gasteiger partial charge >= 0.3 is 0 Å². The van der Waals surface area contributed by atoms with Gasteiger partial charge in [-0.05, 0) is 17.5 Å². The SMILES string of the molecule is CC(=O)NCCNc1nc(Cl)ncc1C(C)C. The highest BCUT2D eigenvalue weighted by atomic mass is 35.5. The van der Waals surface area contributed by atoms with E-state index in [0.717, 1.165) is 11.4 Å². The van der Waals surface area contributed by atoms with Crippen LogP contribution >= 0.6 is 11.6 Å². The van der Waals surface area contributed by atoms with E-state index >= 15 is 0 Å². The summed E-state index contributed by atoms with van der Waals surface area (Å²) in [4.78, 5) is 18.8. The maximum Gasteiger partial charge on any atom is 0.224 e. The highest BCUT2D eigenvalue weighted by Crippen LogP contribution is 2.22. The summed E-state index contributed by atoms with van der Waals surface area (Å²) in [5, 5.41) is 6.06. The monoisotopic (exact) mass is 256 g/mol. The molecule has 94 valence electrons. The van der Waals surface area contributed by atoms with Crippen molar-refractivity contribution in [2.24, 2.45) is 0 Å². The lowest BCUT2D eigenvalue weighted by atomic mass is 10.1. The van der Waals surface area contributed by atoms with Crippen LogP contribution in [-0.4, -0.2) is 29.0 Å². The van der Waals surface area contributed by atoms with E-state index in [0.29, 0.717) is 19.0 Å². The molecular formula is C11H17ClN4O. The topological polar surface area (TPSA) is 66.9 Å². The first kappa shape index (κ1) is 13.7. The second kappa shape index (κ2) is 6.39. The predicted octanol–water partition coefficient (Wildman–Crippen LogP) is 1.80. The average molecular weight is 257 g/mol. The van der Waals surface area contributed by atoms with Crippen molar-refractivity contribution in [3.8, 4) is 0 Å². The molecule has 1 rings (SSSR count). The first-order valence-corrected chi connectivity index (χ1v) is 5.89. The minimum absolute atomic E-state index is 0.0448. The Kier molecular flexibility index (Phi) is 5.15. The van der Waals surface area contributed by atoms with Crippen molar-refractivity contribution in [2.45, 2.75) is 26.7 Å². The van der Waals surface area contributed by atoms with Crippen LogP contribution in [0, 0.1) is 0 Å². The van der Waals surface area contributed by atoms with Crippen LogP contribution in [0.2, 0.25) is 5.28 Å². The van der Waals surface area contributed by atoms with E-state index < -0.39 is 0 Å². The fourth-order valence-corrected chi connectivity index (χ4v) is 1.49. The Morgan fingerprint density at radius 3 is 2.76 bits per heavy atom. The highest BCUT2D eigenvalue weighted by molar-refractivity contribution is 6.28. The van der Waals surface area contributed by atoms with Gasteiger partial charge in [0, 0.05) is 31.8 Å². The molecule has 2 N–H and O–H groups in total. The number of aromatic nitrogens is 2. The number of carbonyl (C=O) groups is 1. The summed E-state index contributed by atoms with van der Waals surface area (Å²) in [6.45, 7) is 6.76. The molecule has 6 heteroatoms. The first-order chi connectivity index (χ1) is 8.00. The van der Waals surface area contributed by atoms with Gasteiger partial charge < -0.3 is 10.6 Å². The summed E-state index contributed by atoms with van der Waals surface area (Å²) in [6, 6.07) is 0. The number of carbonyl (C=O) groups excluding carboxylic acids is 1. The fourth-order valence-electron chi connectivity index (χ4n) is 1.35. The lowest BCUT2D eigenvalue weighted by molar-refractivity contribution is -0.118. The van der Waals surface area contributed by atoms with Crippen LogP contribution < -0.4 is 10.6 Å². The number of anilines is 1. The van der Waals surface area contributed by atoms with Gasteiger partial charge in [-0.25, -0.2) is 9.97 Å². The zero-order chi connectivity index (χ0) is 12.8. The van der Waals surface area contributed by atoms with E-state index in [1.54, 1.807) is 6.20 Å². The molecule has 0 unspecified atom stereocenters. The van der Waals surface area contributed by atoms with E-state index in [1.165, 1.54) is 6.92 Å². The predicted molar refractivity (Wildman–Crippen MR) is 68.3 cm³/mol. The number of nitrogens with one attached hydrogen (secondary N) is 2. The summed E-state index contributed by atoms with van der Waals surface area (Å²) in [7, 11) is 0. The third kappa shape index (κ3) is 4.56. The molecule has 0 fully saturated rings. The quantitative estimate of drug-likeness (QED) is 0.623. The van der Waals surface area contributed by atoms with Gasteiger partial charge in [0.2, 0.25) is 11.2 Å². The van der Waals surface area contributed by atoms with Crippen LogP contribution in [0.25, 0.3) is 0 Å². The molecule has 0 spiro atoms. The van der Waals surface area contributed by atoms with Crippen molar-refractivity contribution in [1.29, 1.82) is 0 Å². The number of halogens is 1. The molecule has 0 atom stereocenters. The van der Waals surface area contributed by atoms with E-state index in [-0.39, 0.29) is 11.2 Å². The summed E-state index contributed by atoms with van der Waals surface area (Å²) in [6.07, 6.45) is 1.72.